The lowest BCUT2D eigenvalue weighted by Crippen LogP contribution is -2.40. The molecule has 0 spiro atoms. The molecule has 3 nitrogen and oxygen atoms in total. The highest BCUT2D eigenvalue weighted by Gasteiger charge is 2.18. The summed E-state index contributed by atoms with van der Waals surface area (Å²) < 4.78 is 0. The van der Waals surface area contributed by atoms with Crippen molar-refractivity contribution in [2.24, 2.45) is 5.73 Å². The van der Waals surface area contributed by atoms with E-state index < -0.39 is 0 Å². The molecule has 94 valence electrons. The Morgan fingerprint density at radius 2 is 2.00 bits per heavy atom. The van der Waals surface area contributed by atoms with Crippen molar-refractivity contribution >= 4 is 28.2 Å². The first-order valence-corrected chi connectivity index (χ1v) is 6.66. The molecule has 1 aliphatic heterocycles. The number of aromatic nitrogens is 1. The second-order valence-corrected chi connectivity index (χ2v) is 5.26. The van der Waals surface area contributed by atoms with Gasteiger partial charge in [-0.25, -0.2) is 4.98 Å². The molecule has 0 atom stereocenters. The SMILES string of the molecule is NC1CCN(c2nccc3ccc(Cl)cc23)CC1. The summed E-state index contributed by atoms with van der Waals surface area (Å²) in [5.41, 5.74) is 5.94. The Balaban J connectivity index is 2.03. The Morgan fingerprint density at radius 3 is 2.78 bits per heavy atom. The largest absolute Gasteiger partial charge is 0.356 e. The minimum Gasteiger partial charge on any atom is -0.356 e. The fourth-order valence-corrected chi connectivity index (χ4v) is 2.66. The molecule has 1 aromatic heterocycles. The summed E-state index contributed by atoms with van der Waals surface area (Å²) in [6.07, 6.45) is 3.91. The van der Waals surface area contributed by atoms with Gasteiger partial charge in [0.25, 0.3) is 0 Å². The smallest absolute Gasteiger partial charge is 0.136 e. The van der Waals surface area contributed by atoms with Gasteiger partial charge in [0, 0.05) is 35.7 Å². The van der Waals surface area contributed by atoms with E-state index in [4.69, 9.17) is 17.3 Å². The zero-order chi connectivity index (χ0) is 12.5. The van der Waals surface area contributed by atoms with Crippen molar-refractivity contribution in [2.45, 2.75) is 18.9 Å². The Bertz CT molecular complexity index is 562. The summed E-state index contributed by atoms with van der Waals surface area (Å²) in [6, 6.07) is 8.30. The number of halogens is 1. The summed E-state index contributed by atoms with van der Waals surface area (Å²) in [5, 5.41) is 3.06. The van der Waals surface area contributed by atoms with Gasteiger partial charge in [0.1, 0.15) is 5.82 Å². The highest BCUT2D eigenvalue weighted by atomic mass is 35.5. The average Bonchev–Trinajstić information content (AvgIpc) is 2.39. The second-order valence-electron chi connectivity index (χ2n) is 4.82. The molecule has 2 heterocycles. The van der Waals surface area contributed by atoms with Crippen LogP contribution in [0.1, 0.15) is 12.8 Å². The normalized spacial score (nSPS) is 17.3. The minimum absolute atomic E-state index is 0.333. The van der Waals surface area contributed by atoms with Crippen molar-refractivity contribution in [1.29, 1.82) is 0 Å². The number of hydrogen-bond donors (Lipinski definition) is 1. The van der Waals surface area contributed by atoms with Crippen LogP contribution in [0.5, 0.6) is 0 Å². The number of fused-ring (bicyclic) bond motifs is 1. The molecule has 2 N–H and O–H groups in total. The Hall–Kier alpha value is -1.32. The number of rotatable bonds is 1. The van der Waals surface area contributed by atoms with Gasteiger partial charge < -0.3 is 10.6 Å². The van der Waals surface area contributed by atoms with Crippen LogP contribution < -0.4 is 10.6 Å². The van der Waals surface area contributed by atoms with E-state index in [1.54, 1.807) is 0 Å². The predicted octanol–water partition coefficient (Wildman–Crippen LogP) is 2.82. The molecule has 1 fully saturated rings. The van der Waals surface area contributed by atoms with E-state index in [-0.39, 0.29) is 0 Å². The molecule has 1 aliphatic rings. The summed E-state index contributed by atoms with van der Waals surface area (Å²) >= 11 is 6.09. The van der Waals surface area contributed by atoms with Gasteiger partial charge in [0.2, 0.25) is 0 Å². The molecule has 0 unspecified atom stereocenters. The van der Waals surface area contributed by atoms with Gasteiger partial charge in [-0.2, -0.15) is 0 Å². The van der Waals surface area contributed by atoms with E-state index in [1.165, 1.54) is 5.39 Å². The van der Waals surface area contributed by atoms with Crippen LogP contribution in [0.2, 0.25) is 5.02 Å². The maximum atomic E-state index is 6.09. The van der Waals surface area contributed by atoms with Crippen LogP contribution in [0.15, 0.2) is 30.5 Å². The Morgan fingerprint density at radius 1 is 1.22 bits per heavy atom. The molecule has 1 saturated heterocycles. The summed E-state index contributed by atoms with van der Waals surface area (Å²) in [7, 11) is 0. The van der Waals surface area contributed by atoms with Gasteiger partial charge in [-0.15, -0.1) is 0 Å². The fourth-order valence-electron chi connectivity index (χ4n) is 2.49. The highest BCUT2D eigenvalue weighted by molar-refractivity contribution is 6.31. The molecule has 0 radical (unpaired) electrons. The minimum atomic E-state index is 0.333. The van der Waals surface area contributed by atoms with Crippen LogP contribution in [0.3, 0.4) is 0 Å². The van der Waals surface area contributed by atoms with Crippen molar-refractivity contribution in [3.8, 4) is 0 Å². The summed E-state index contributed by atoms with van der Waals surface area (Å²) in [4.78, 5) is 6.83. The van der Waals surface area contributed by atoms with Gasteiger partial charge in [-0.3, -0.25) is 0 Å². The van der Waals surface area contributed by atoms with Crippen LogP contribution in [0.25, 0.3) is 10.8 Å². The average molecular weight is 262 g/mol. The van der Waals surface area contributed by atoms with Gasteiger partial charge in [-0.1, -0.05) is 17.7 Å². The highest BCUT2D eigenvalue weighted by Crippen LogP contribution is 2.28. The third-order valence-electron chi connectivity index (χ3n) is 3.55. The number of benzene rings is 1. The zero-order valence-corrected chi connectivity index (χ0v) is 10.9. The third-order valence-corrected chi connectivity index (χ3v) is 3.78. The maximum Gasteiger partial charge on any atom is 0.136 e. The van der Waals surface area contributed by atoms with E-state index in [0.29, 0.717) is 6.04 Å². The quantitative estimate of drug-likeness (QED) is 0.858. The van der Waals surface area contributed by atoms with E-state index >= 15 is 0 Å². The van der Waals surface area contributed by atoms with E-state index in [0.717, 1.165) is 42.2 Å². The summed E-state index contributed by atoms with van der Waals surface area (Å²) in [5.74, 6) is 1.03. The van der Waals surface area contributed by atoms with E-state index in [2.05, 4.69) is 9.88 Å². The molecule has 1 aromatic carbocycles. The Labute approximate surface area is 112 Å². The van der Waals surface area contributed by atoms with Gasteiger partial charge in [-0.05, 0) is 36.4 Å². The third kappa shape index (κ3) is 2.16. The number of nitrogens with two attached hydrogens (primary N) is 1. The van der Waals surface area contributed by atoms with Crippen LogP contribution >= 0.6 is 11.6 Å². The predicted molar refractivity (Wildman–Crippen MR) is 76.2 cm³/mol. The van der Waals surface area contributed by atoms with Crippen LogP contribution in [-0.2, 0) is 0 Å². The topological polar surface area (TPSA) is 42.1 Å². The van der Waals surface area contributed by atoms with Crippen molar-refractivity contribution < 1.29 is 0 Å². The molecule has 3 rings (SSSR count). The van der Waals surface area contributed by atoms with Crippen LogP contribution in [0, 0.1) is 0 Å². The second kappa shape index (κ2) is 4.75. The number of nitrogens with zero attached hydrogens (tertiary/aromatic N) is 2. The number of hydrogen-bond acceptors (Lipinski definition) is 3. The molecule has 2 aromatic rings. The molecule has 0 amide bonds. The first-order valence-electron chi connectivity index (χ1n) is 6.29. The van der Waals surface area contributed by atoms with Crippen molar-refractivity contribution in [3.05, 3.63) is 35.5 Å². The van der Waals surface area contributed by atoms with Gasteiger partial charge in [0.05, 0.1) is 0 Å². The number of pyridine rings is 1. The van der Waals surface area contributed by atoms with E-state index in [9.17, 15) is 0 Å². The van der Waals surface area contributed by atoms with Crippen LogP contribution in [0.4, 0.5) is 5.82 Å². The molecule has 18 heavy (non-hydrogen) atoms. The number of anilines is 1. The molecular weight excluding hydrogens is 246 g/mol. The van der Waals surface area contributed by atoms with Crippen molar-refractivity contribution in [1.82, 2.24) is 4.98 Å². The Kier molecular flexibility index (Phi) is 3.10. The molecule has 0 aliphatic carbocycles. The first kappa shape index (κ1) is 11.8. The summed E-state index contributed by atoms with van der Waals surface area (Å²) in [6.45, 7) is 1.94. The maximum absolute atomic E-state index is 6.09. The first-order chi connectivity index (χ1) is 8.74. The lowest BCUT2D eigenvalue weighted by Gasteiger charge is -2.31. The van der Waals surface area contributed by atoms with Crippen molar-refractivity contribution in [2.75, 3.05) is 18.0 Å². The standard InChI is InChI=1S/C14H16ClN3/c15-11-2-1-10-3-6-17-14(13(10)9-11)18-7-4-12(16)5-8-18/h1-3,6,9,12H,4-5,7-8,16H2. The lowest BCUT2D eigenvalue weighted by atomic mass is 10.1. The van der Waals surface area contributed by atoms with Gasteiger partial charge >= 0.3 is 0 Å². The van der Waals surface area contributed by atoms with Gasteiger partial charge in [0.15, 0.2) is 0 Å². The zero-order valence-electron chi connectivity index (χ0n) is 10.1. The molecular formula is C14H16ClN3. The molecule has 0 saturated carbocycles. The fraction of sp³-hybridized carbons (Fsp3) is 0.357. The monoisotopic (exact) mass is 261 g/mol. The van der Waals surface area contributed by atoms with Crippen molar-refractivity contribution in [3.63, 3.8) is 0 Å². The lowest BCUT2D eigenvalue weighted by molar-refractivity contribution is 0.499. The van der Waals surface area contributed by atoms with Crippen LogP contribution in [-0.4, -0.2) is 24.1 Å². The number of piperidine rings is 1. The molecule has 4 heteroatoms. The van der Waals surface area contributed by atoms with E-state index in [1.807, 2.05) is 30.5 Å². The molecule has 0 bridgehead atoms.